The van der Waals surface area contributed by atoms with Crippen molar-refractivity contribution in [2.24, 2.45) is 0 Å². The summed E-state index contributed by atoms with van der Waals surface area (Å²) >= 11 is 0. The van der Waals surface area contributed by atoms with Gasteiger partial charge in [-0.3, -0.25) is 0 Å². The van der Waals surface area contributed by atoms with Crippen molar-refractivity contribution in [3.05, 3.63) is 130 Å². The molecule has 4 nitrogen and oxygen atoms in total. The van der Waals surface area contributed by atoms with Crippen LogP contribution in [0.5, 0.6) is 5.75 Å². The quantitative estimate of drug-likeness (QED) is 0.227. The fourth-order valence-electron chi connectivity index (χ4n) is 5.88. The zero-order valence-electron chi connectivity index (χ0n) is 24.8. The summed E-state index contributed by atoms with van der Waals surface area (Å²) in [6.45, 7) is 9.79. The largest absolute Gasteiger partial charge is 0.489 e. The van der Waals surface area contributed by atoms with Gasteiger partial charge in [-0.2, -0.15) is 0 Å². The lowest BCUT2D eigenvalue weighted by Crippen LogP contribution is -2.39. The van der Waals surface area contributed by atoms with E-state index >= 15 is 0 Å². The number of amides is 2. The van der Waals surface area contributed by atoms with Crippen molar-refractivity contribution < 1.29 is 9.53 Å². The SMILES string of the molecule is CC(C)c1cccc(C(C)C)c1NC(=O)N(Cc1ccc(OCc2ccccc2)cc1)C1CCCc2ccccc21. The van der Waals surface area contributed by atoms with E-state index in [4.69, 9.17) is 4.74 Å². The number of rotatable bonds is 9. The van der Waals surface area contributed by atoms with Gasteiger partial charge in [0.15, 0.2) is 0 Å². The highest BCUT2D eigenvalue weighted by molar-refractivity contribution is 5.92. The summed E-state index contributed by atoms with van der Waals surface area (Å²) in [5.74, 6) is 1.43. The average Bonchev–Trinajstić information content (AvgIpc) is 2.99. The predicted octanol–water partition coefficient (Wildman–Crippen LogP) is 9.62. The number of hydrogen-bond acceptors (Lipinski definition) is 2. The Labute approximate surface area is 245 Å². The maximum absolute atomic E-state index is 14.3. The van der Waals surface area contributed by atoms with Gasteiger partial charge in [-0.05, 0) is 76.6 Å². The third kappa shape index (κ3) is 6.82. The molecule has 4 aromatic carbocycles. The molecule has 1 aliphatic rings. The molecule has 5 rings (SSSR count). The van der Waals surface area contributed by atoms with Crippen molar-refractivity contribution in [1.82, 2.24) is 4.90 Å². The molecule has 1 atom stereocenters. The monoisotopic (exact) mass is 546 g/mol. The van der Waals surface area contributed by atoms with Crippen LogP contribution in [0.1, 0.15) is 91.8 Å². The molecule has 0 bridgehead atoms. The third-order valence-electron chi connectivity index (χ3n) is 8.10. The van der Waals surface area contributed by atoms with Crippen LogP contribution >= 0.6 is 0 Å². The van der Waals surface area contributed by atoms with E-state index in [1.807, 2.05) is 35.2 Å². The lowest BCUT2D eigenvalue weighted by atomic mass is 9.86. The number of ether oxygens (including phenoxy) is 1. The van der Waals surface area contributed by atoms with Crippen LogP contribution in [0.4, 0.5) is 10.5 Å². The Hall–Kier alpha value is -4.05. The van der Waals surface area contributed by atoms with E-state index < -0.39 is 0 Å². The highest BCUT2D eigenvalue weighted by atomic mass is 16.5. The molecule has 1 aliphatic carbocycles. The topological polar surface area (TPSA) is 41.6 Å². The average molecular weight is 547 g/mol. The third-order valence-corrected chi connectivity index (χ3v) is 8.10. The van der Waals surface area contributed by atoms with E-state index in [1.165, 1.54) is 22.3 Å². The number of nitrogens with zero attached hydrogens (tertiary/aromatic N) is 1. The van der Waals surface area contributed by atoms with E-state index in [9.17, 15) is 4.79 Å². The number of hydrogen-bond donors (Lipinski definition) is 1. The van der Waals surface area contributed by atoms with E-state index in [0.717, 1.165) is 41.8 Å². The molecular formula is C37H42N2O2. The molecule has 2 amide bonds. The minimum atomic E-state index is -0.0499. The predicted molar refractivity (Wildman–Crippen MR) is 169 cm³/mol. The second-order valence-corrected chi connectivity index (χ2v) is 11.7. The Morgan fingerprint density at radius 3 is 2.15 bits per heavy atom. The zero-order chi connectivity index (χ0) is 28.8. The van der Waals surface area contributed by atoms with Crippen molar-refractivity contribution in [3.63, 3.8) is 0 Å². The summed E-state index contributed by atoms with van der Waals surface area (Å²) in [7, 11) is 0. The molecule has 4 heteroatoms. The summed E-state index contributed by atoms with van der Waals surface area (Å²) in [5.41, 5.74) is 8.13. The summed E-state index contributed by atoms with van der Waals surface area (Å²) in [4.78, 5) is 16.3. The van der Waals surface area contributed by atoms with Gasteiger partial charge in [-0.25, -0.2) is 4.79 Å². The number of carbonyl (C=O) groups excluding carboxylic acids is 1. The second kappa shape index (κ2) is 13.1. The Morgan fingerprint density at radius 2 is 1.46 bits per heavy atom. The molecule has 0 saturated heterocycles. The molecule has 0 heterocycles. The van der Waals surface area contributed by atoms with Gasteiger partial charge >= 0.3 is 6.03 Å². The first-order valence-electron chi connectivity index (χ1n) is 14.9. The lowest BCUT2D eigenvalue weighted by Gasteiger charge is -2.36. The first-order chi connectivity index (χ1) is 19.9. The van der Waals surface area contributed by atoms with Crippen molar-refractivity contribution in [1.29, 1.82) is 0 Å². The highest BCUT2D eigenvalue weighted by Gasteiger charge is 2.30. The molecule has 212 valence electrons. The molecule has 0 aliphatic heterocycles. The van der Waals surface area contributed by atoms with Gasteiger partial charge in [0.1, 0.15) is 12.4 Å². The van der Waals surface area contributed by atoms with Gasteiger partial charge in [0.2, 0.25) is 0 Å². The number of urea groups is 1. The van der Waals surface area contributed by atoms with Gasteiger partial charge in [-0.15, -0.1) is 0 Å². The smallest absolute Gasteiger partial charge is 0.322 e. The van der Waals surface area contributed by atoms with Crippen LogP contribution in [-0.4, -0.2) is 10.9 Å². The number of nitrogens with one attached hydrogen (secondary N) is 1. The Bertz CT molecular complexity index is 1420. The zero-order valence-corrected chi connectivity index (χ0v) is 24.8. The standard InChI is InChI=1S/C37H42N2O2/c1-26(2)32-17-11-18-33(27(3)4)36(32)38-37(40)39(35-19-10-15-30-14-8-9-16-34(30)35)24-28-20-22-31(23-21-28)41-25-29-12-6-5-7-13-29/h5-9,11-14,16-18,20-23,26-27,35H,10,15,19,24-25H2,1-4H3,(H,38,40). The minimum Gasteiger partial charge on any atom is -0.489 e. The normalized spacial score (nSPS) is 14.5. The Kier molecular flexibility index (Phi) is 9.08. The number of para-hydroxylation sites is 1. The number of fused-ring (bicyclic) bond motifs is 1. The van der Waals surface area contributed by atoms with E-state index in [-0.39, 0.29) is 12.1 Å². The van der Waals surface area contributed by atoms with Gasteiger partial charge in [-0.1, -0.05) is 113 Å². The van der Waals surface area contributed by atoms with Crippen molar-refractivity contribution in [2.75, 3.05) is 5.32 Å². The van der Waals surface area contributed by atoms with Crippen LogP contribution in [0.15, 0.2) is 97.1 Å². The molecule has 0 fully saturated rings. The van der Waals surface area contributed by atoms with Gasteiger partial charge in [0.05, 0.1) is 6.04 Å². The number of aryl methyl sites for hydroxylation is 1. The lowest BCUT2D eigenvalue weighted by molar-refractivity contribution is 0.175. The van der Waals surface area contributed by atoms with Crippen LogP contribution in [0, 0.1) is 0 Å². The van der Waals surface area contributed by atoms with Crippen LogP contribution in [0.25, 0.3) is 0 Å². The van der Waals surface area contributed by atoms with E-state index in [0.29, 0.717) is 25.0 Å². The Balaban J connectivity index is 1.42. The fraction of sp³-hybridized carbons (Fsp3) is 0.324. The molecule has 1 unspecified atom stereocenters. The molecule has 0 aromatic heterocycles. The van der Waals surface area contributed by atoms with Crippen LogP contribution in [0.3, 0.4) is 0 Å². The van der Waals surface area contributed by atoms with Crippen molar-refractivity contribution in [2.45, 2.75) is 78.0 Å². The first-order valence-corrected chi connectivity index (χ1v) is 14.9. The molecule has 1 N–H and O–H groups in total. The van der Waals surface area contributed by atoms with Crippen molar-refractivity contribution in [3.8, 4) is 5.75 Å². The second-order valence-electron chi connectivity index (χ2n) is 11.7. The van der Waals surface area contributed by atoms with E-state index in [1.54, 1.807) is 0 Å². The molecule has 4 aromatic rings. The Morgan fingerprint density at radius 1 is 0.805 bits per heavy atom. The summed E-state index contributed by atoms with van der Waals surface area (Å²) in [5, 5.41) is 3.40. The number of anilines is 1. The van der Waals surface area contributed by atoms with Gasteiger partial charge < -0.3 is 15.0 Å². The maximum Gasteiger partial charge on any atom is 0.322 e. The molecule has 0 saturated carbocycles. The van der Waals surface area contributed by atoms with Gasteiger partial charge in [0.25, 0.3) is 0 Å². The number of carbonyl (C=O) groups is 1. The van der Waals surface area contributed by atoms with Gasteiger partial charge in [0, 0.05) is 12.2 Å². The fourth-order valence-corrected chi connectivity index (χ4v) is 5.88. The summed E-state index contributed by atoms with van der Waals surface area (Å²) in [6, 6.07) is 33.3. The maximum atomic E-state index is 14.3. The summed E-state index contributed by atoms with van der Waals surface area (Å²) in [6.07, 6.45) is 3.08. The van der Waals surface area contributed by atoms with Crippen LogP contribution < -0.4 is 10.1 Å². The molecule has 41 heavy (non-hydrogen) atoms. The van der Waals surface area contributed by atoms with Crippen LogP contribution in [-0.2, 0) is 19.6 Å². The van der Waals surface area contributed by atoms with Crippen molar-refractivity contribution >= 4 is 11.7 Å². The number of benzene rings is 4. The summed E-state index contributed by atoms with van der Waals surface area (Å²) < 4.78 is 6.02. The highest BCUT2D eigenvalue weighted by Crippen LogP contribution is 2.37. The molecule has 0 spiro atoms. The van der Waals surface area contributed by atoms with Crippen LogP contribution in [0.2, 0.25) is 0 Å². The first kappa shape index (κ1) is 28.5. The molecular weight excluding hydrogens is 504 g/mol. The molecule has 0 radical (unpaired) electrons. The van der Waals surface area contributed by atoms with E-state index in [2.05, 4.69) is 99.7 Å². The minimum absolute atomic E-state index is 0.0164.